The Morgan fingerprint density at radius 1 is 1.06 bits per heavy atom. The van der Waals surface area contributed by atoms with Gasteiger partial charge in [-0.2, -0.15) is 0 Å². The SMILES string of the molecule is CCNC(=NCc1cccc(CN(C)CC)c1)NCc1coc(-c2ccc(C)cc2)n1.I. The second-order valence-electron chi connectivity index (χ2n) is 7.71. The minimum Gasteiger partial charge on any atom is -0.444 e. The molecule has 7 heteroatoms. The molecule has 3 rings (SSSR count). The number of aromatic nitrogens is 1. The summed E-state index contributed by atoms with van der Waals surface area (Å²) in [6.07, 6.45) is 1.69. The molecule has 0 aliphatic rings. The third kappa shape index (κ3) is 7.94. The van der Waals surface area contributed by atoms with Gasteiger partial charge in [0.05, 0.1) is 18.8 Å². The minimum absolute atomic E-state index is 0. The Bertz CT molecular complexity index is 984. The average molecular weight is 547 g/mol. The van der Waals surface area contributed by atoms with E-state index in [2.05, 4.69) is 84.7 Å². The maximum absolute atomic E-state index is 5.65. The Hall–Kier alpha value is -2.39. The fourth-order valence-electron chi connectivity index (χ4n) is 3.15. The van der Waals surface area contributed by atoms with Crippen molar-refractivity contribution >= 4 is 29.9 Å². The van der Waals surface area contributed by atoms with Crippen molar-refractivity contribution in [1.29, 1.82) is 0 Å². The van der Waals surface area contributed by atoms with Crippen LogP contribution in [0.3, 0.4) is 0 Å². The molecular formula is C25H34IN5O. The first kappa shape index (κ1) is 25.9. The molecule has 0 atom stereocenters. The van der Waals surface area contributed by atoms with Crippen molar-refractivity contribution in [2.75, 3.05) is 20.1 Å². The lowest BCUT2D eigenvalue weighted by Gasteiger charge is -2.14. The second-order valence-corrected chi connectivity index (χ2v) is 7.71. The fraction of sp³-hybridized carbons (Fsp3) is 0.360. The van der Waals surface area contributed by atoms with Gasteiger partial charge in [0.15, 0.2) is 5.96 Å². The Balaban J connectivity index is 0.00000363. The van der Waals surface area contributed by atoms with Gasteiger partial charge in [0.2, 0.25) is 5.89 Å². The van der Waals surface area contributed by atoms with Crippen molar-refractivity contribution < 1.29 is 4.42 Å². The minimum atomic E-state index is 0. The summed E-state index contributed by atoms with van der Waals surface area (Å²) in [4.78, 5) is 11.6. The molecule has 2 N–H and O–H groups in total. The van der Waals surface area contributed by atoms with Crippen LogP contribution in [-0.2, 0) is 19.6 Å². The number of nitrogens with zero attached hydrogens (tertiary/aromatic N) is 3. The van der Waals surface area contributed by atoms with Crippen LogP contribution in [0.15, 0.2) is 64.2 Å². The summed E-state index contributed by atoms with van der Waals surface area (Å²) in [6, 6.07) is 16.8. The summed E-state index contributed by atoms with van der Waals surface area (Å²) in [5.74, 6) is 1.39. The molecule has 0 unspecified atom stereocenters. The zero-order valence-electron chi connectivity index (χ0n) is 19.4. The lowest BCUT2D eigenvalue weighted by molar-refractivity contribution is 0.345. The van der Waals surface area contributed by atoms with Gasteiger partial charge in [-0.1, -0.05) is 48.9 Å². The summed E-state index contributed by atoms with van der Waals surface area (Å²) in [5, 5.41) is 6.64. The van der Waals surface area contributed by atoms with Crippen LogP contribution in [-0.4, -0.2) is 36.0 Å². The zero-order valence-corrected chi connectivity index (χ0v) is 21.7. The number of nitrogens with one attached hydrogen (secondary N) is 2. The van der Waals surface area contributed by atoms with Crippen LogP contribution in [0.4, 0.5) is 0 Å². The van der Waals surface area contributed by atoms with E-state index >= 15 is 0 Å². The summed E-state index contributed by atoms with van der Waals surface area (Å²) in [5.41, 5.74) is 5.53. The number of aryl methyl sites for hydroxylation is 1. The Morgan fingerprint density at radius 3 is 2.53 bits per heavy atom. The molecule has 1 heterocycles. The van der Waals surface area contributed by atoms with Crippen LogP contribution in [0.25, 0.3) is 11.5 Å². The number of halogens is 1. The molecule has 32 heavy (non-hydrogen) atoms. The second kappa shape index (κ2) is 13.2. The Morgan fingerprint density at radius 2 is 1.81 bits per heavy atom. The van der Waals surface area contributed by atoms with Crippen molar-refractivity contribution in [3.8, 4) is 11.5 Å². The average Bonchev–Trinajstić information content (AvgIpc) is 3.25. The molecule has 0 saturated heterocycles. The third-order valence-electron chi connectivity index (χ3n) is 5.03. The van der Waals surface area contributed by atoms with E-state index in [0.29, 0.717) is 19.0 Å². The van der Waals surface area contributed by atoms with E-state index in [1.165, 1.54) is 16.7 Å². The van der Waals surface area contributed by atoms with Gasteiger partial charge in [-0.05, 0) is 50.7 Å². The Kier molecular flexibility index (Phi) is 10.7. The molecule has 0 aliphatic carbocycles. The van der Waals surface area contributed by atoms with Gasteiger partial charge in [-0.3, -0.25) is 0 Å². The number of benzene rings is 2. The first-order valence-electron chi connectivity index (χ1n) is 10.9. The molecule has 0 bridgehead atoms. The van der Waals surface area contributed by atoms with Crippen molar-refractivity contribution in [1.82, 2.24) is 20.5 Å². The van der Waals surface area contributed by atoms with Gasteiger partial charge in [-0.25, -0.2) is 9.98 Å². The lowest BCUT2D eigenvalue weighted by atomic mass is 10.1. The molecule has 6 nitrogen and oxygen atoms in total. The van der Waals surface area contributed by atoms with Gasteiger partial charge in [-0.15, -0.1) is 24.0 Å². The molecule has 3 aromatic rings. The maximum Gasteiger partial charge on any atom is 0.226 e. The topological polar surface area (TPSA) is 65.7 Å². The van der Waals surface area contributed by atoms with Gasteiger partial charge in [0.25, 0.3) is 0 Å². The largest absolute Gasteiger partial charge is 0.444 e. The Labute approximate surface area is 208 Å². The molecule has 0 aliphatic heterocycles. The monoisotopic (exact) mass is 547 g/mol. The molecule has 172 valence electrons. The first-order chi connectivity index (χ1) is 15.1. The van der Waals surface area contributed by atoms with Gasteiger partial charge >= 0.3 is 0 Å². The lowest BCUT2D eigenvalue weighted by Crippen LogP contribution is -2.36. The number of oxazole rings is 1. The summed E-state index contributed by atoms with van der Waals surface area (Å²) in [7, 11) is 2.13. The van der Waals surface area contributed by atoms with Crippen LogP contribution in [0.1, 0.15) is 36.2 Å². The van der Waals surface area contributed by atoms with E-state index in [1.54, 1.807) is 6.26 Å². The van der Waals surface area contributed by atoms with E-state index in [9.17, 15) is 0 Å². The summed E-state index contributed by atoms with van der Waals surface area (Å²) in [6.45, 7) is 10.2. The summed E-state index contributed by atoms with van der Waals surface area (Å²) >= 11 is 0. The number of guanidine groups is 1. The maximum atomic E-state index is 5.65. The highest BCUT2D eigenvalue weighted by Gasteiger charge is 2.07. The van der Waals surface area contributed by atoms with Crippen molar-refractivity contribution in [2.45, 2.75) is 40.4 Å². The molecule has 1 aromatic heterocycles. The smallest absolute Gasteiger partial charge is 0.226 e. The standard InChI is InChI=1S/C25H33N5O.HI/c1-5-26-25(27-15-20-8-7-9-21(14-20)17-30(4)6-2)28-16-23-18-31-24(29-23)22-12-10-19(3)11-13-22;/h7-14,18H,5-6,15-17H2,1-4H3,(H2,26,27,28);1H. The van der Waals surface area contributed by atoms with E-state index < -0.39 is 0 Å². The number of aliphatic imine (C=N–C) groups is 1. The van der Waals surface area contributed by atoms with Crippen molar-refractivity contribution in [3.63, 3.8) is 0 Å². The van der Waals surface area contributed by atoms with Crippen LogP contribution >= 0.6 is 24.0 Å². The van der Waals surface area contributed by atoms with E-state index in [0.717, 1.165) is 36.9 Å². The molecule has 0 fully saturated rings. The van der Waals surface area contributed by atoms with E-state index in [-0.39, 0.29) is 24.0 Å². The van der Waals surface area contributed by atoms with Crippen LogP contribution in [0.5, 0.6) is 0 Å². The highest BCUT2D eigenvalue weighted by Crippen LogP contribution is 2.19. The molecule has 0 radical (unpaired) electrons. The first-order valence-corrected chi connectivity index (χ1v) is 10.9. The highest BCUT2D eigenvalue weighted by molar-refractivity contribution is 14.0. The predicted molar refractivity (Wildman–Crippen MR) is 142 cm³/mol. The third-order valence-corrected chi connectivity index (χ3v) is 5.03. The van der Waals surface area contributed by atoms with Crippen molar-refractivity contribution in [3.05, 3.63) is 77.2 Å². The normalized spacial score (nSPS) is 11.3. The fourth-order valence-corrected chi connectivity index (χ4v) is 3.15. The predicted octanol–water partition coefficient (Wildman–Crippen LogP) is 4.98. The molecule has 2 aromatic carbocycles. The molecule has 0 saturated carbocycles. The van der Waals surface area contributed by atoms with Crippen LogP contribution in [0, 0.1) is 6.92 Å². The number of rotatable bonds is 9. The van der Waals surface area contributed by atoms with Crippen LogP contribution < -0.4 is 10.6 Å². The molecule has 0 spiro atoms. The number of hydrogen-bond acceptors (Lipinski definition) is 4. The van der Waals surface area contributed by atoms with Gasteiger partial charge in [0, 0.05) is 18.7 Å². The molecule has 0 amide bonds. The summed E-state index contributed by atoms with van der Waals surface area (Å²) < 4.78 is 5.65. The van der Waals surface area contributed by atoms with E-state index in [4.69, 9.17) is 9.41 Å². The number of hydrogen-bond donors (Lipinski definition) is 2. The van der Waals surface area contributed by atoms with Gasteiger partial charge in [0.1, 0.15) is 6.26 Å². The van der Waals surface area contributed by atoms with Crippen molar-refractivity contribution in [2.24, 2.45) is 4.99 Å². The van der Waals surface area contributed by atoms with E-state index in [1.807, 2.05) is 12.1 Å². The van der Waals surface area contributed by atoms with Crippen LogP contribution in [0.2, 0.25) is 0 Å². The quantitative estimate of drug-likeness (QED) is 0.225. The highest BCUT2D eigenvalue weighted by atomic mass is 127. The zero-order chi connectivity index (χ0) is 22.1. The molecular weight excluding hydrogens is 513 g/mol. The van der Waals surface area contributed by atoms with Gasteiger partial charge < -0.3 is 20.0 Å².